The summed E-state index contributed by atoms with van der Waals surface area (Å²) in [6, 6.07) is 13.3. The fraction of sp³-hybridized carbons (Fsp3) is 0.235. The first-order valence-electron chi connectivity index (χ1n) is 6.79. The van der Waals surface area contributed by atoms with Gasteiger partial charge in [0, 0.05) is 6.07 Å². The molecule has 0 amide bonds. The fourth-order valence-corrected chi connectivity index (χ4v) is 2.03. The molecule has 0 aliphatic rings. The van der Waals surface area contributed by atoms with Gasteiger partial charge in [-0.1, -0.05) is 24.3 Å². The van der Waals surface area contributed by atoms with Crippen molar-refractivity contribution in [1.82, 2.24) is 0 Å². The molecule has 21 heavy (non-hydrogen) atoms. The summed E-state index contributed by atoms with van der Waals surface area (Å²) in [5.41, 5.74) is 9.08. The highest BCUT2D eigenvalue weighted by Gasteiger charge is 2.12. The predicted octanol–water partition coefficient (Wildman–Crippen LogP) is 3.43. The van der Waals surface area contributed by atoms with Crippen LogP contribution in [0.2, 0.25) is 0 Å². The Kier molecular flexibility index (Phi) is 4.68. The van der Waals surface area contributed by atoms with Crippen LogP contribution in [0.4, 0.5) is 5.69 Å². The van der Waals surface area contributed by atoms with Crippen molar-refractivity contribution in [1.29, 1.82) is 5.26 Å². The molecular weight excluding hydrogens is 264 g/mol. The Morgan fingerprint density at radius 3 is 2.62 bits per heavy atom. The summed E-state index contributed by atoms with van der Waals surface area (Å²) in [6.45, 7) is 4.79. The van der Waals surface area contributed by atoms with Crippen LogP contribution in [0.15, 0.2) is 36.4 Å². The van der Waals surface area contributed by atoms with Gasteiger partial charge in [0.25, 0.3) is 0 Å². The van der Waals surface area contributed by atoms with Gasteiger partial charge in [0.15, 0.2) is 11.5 Å². The van der Waals surface area contributed by atoms with Crippen molar-refractivity contribution in [2.24, 2.45) is 0 Å². The number of ether oxygens (including phenoxy) is 2. The Morgan fingerprint density at radius 2 is 1.95 bits per heavy atom. The molecule has 4 nitrogen and oxygen atoms in total. The summed E-state index contributed by atoms with van der Waals surface area (Å²) in [6.07, 6.45) is 0. The number of nitriles is 1. The number of rotatable bonds is 5. The van der Waals surface area contributed by atoms with Crippen molar-refractivity contribution in [2.45, 2.75) is 20.5 Å². The molecule has 4 heteroatoms. The van der Waals surface area contributed by atoms with Crippen LogP contribution in [0.25, 0.3) is 0 Å². The van der Waals surface area contributed by atoms with E-state index >= 15 is 0 Å². The van der Waals surface area contributed by atoms with E-state index < -0.39 is 0 Å². The van der Waals surface area contributed by atoms with E-state index in [1.165, 1.54) is 0 Å². The number of anilines is 1. The average Bonchev–Trinajstić information content (AvgIpc) is 2.48. The van der Waals surface area contributed by atoms with Crippen LogP contribution < -0.4 is 15.2 Å². The standard InChI is InChI=1S/C17H18N2O2/c1-3-20-16-9-13(10-18)8-15(19)17(16)21-11-14-7-5-4-6-12(14)2/h4-9H,3,11,19H2,1-2H3. The molecule has 0 fully saturated rings. The second-order valence-corrected chi connectivity index (χ2v) is 4.65. The van der Waals surface area contributed by atoms with Crippen LogP contribution in [0.1, 0.15) is 23.6 Å². The number of nitrogen functional groups attached to an aromatic ring is 1. The van der Waals surface area contributed by atoms with E-state index in [9.17, 15) is 0 Å². The highest BCUT2D eigenvalue weighted by Crippen LogP contribution is 2.35. The number of aryl methyl sites for hydroxylation is 1. The molecular formula is C17H18N2O2. The quantitative estimate of drug-likeness (QED) is 0.853. The van der Waals surface area contributed by atoms with Gasteiger partial charge in [0.1, 0.15) is 6.61 Å². The monoisotopic (exact) mass is 282 g/mol. The smallest absolute Gasteiger partial charge is 0.184 e. The lowest BCUT2D eigenvalue weighted by Crippen LogP contribution is -2.04. The van der Waals surface area contributed by atoms with Gasteiger partial charge in [0.2, 0.25) is 0 Å². The highest BCUT2D eigenvalue weighted by molar-refractivity contribution is 5.64. The van der Waals surface area contributed by atoms with Gasteiger partial charge in [-0.15, -0.1) is 0 Å². The Labute approximate surface area is 124 Å². The van der Waals surface area contributed by atoms with Gasteiger partial charge in [-0.25, -0.2) is 0 Å². The summed E-state index contributed by atoms with van der Waals surface area (Å²) in [5.74, 6) is 0.988. The molecule has 0 aromatic heterocycles. The second-order valence-electron chi connectivity index (χ2n) is 4.65. The summed E-state index contributed by atoms with van der Waals surface area (Å²) < 4.78 is 11.4. The second kappa shape index (κ2) is 6.67. The lowest BCUT2D eigenvalue weighted by atomic mass is 10.1. The van der Waals surface area contributed by atoms with E-state index in [1.807, 2.05) is 38.1 Å². The lowest BCUT2D eigenvalue weighted by Gasteiger charge is -2.15. The molecule has 2 rings (SSSR count). The van der Waals surface area contributed by atoms with Crippen LogP contribution in [-0.4, -0.2) is 6.61 Å². The topological polar surface area (TPSA) is 68.3 Å². The van der Waals surface area contributed by atoms with Crippen LogP contribution >= 0.6 is 0 Å². The van der Waals surface area contributed by atoms with Gasteiger partial charge in [-0.05, 0) is 31.0 Å². The van der Waals surface area contributed by atoms with Crippen molar-refractivity contribution < 1.29 is 9.47 Å². The third-order valence-corrected chi connectivity index (χ3v) is 3.15. The number of hydrogen-bond donors (Lipinski definition) is 1. The van der Waals surface area contributed by atoms with E-state index in [1.54, 1.807) is 12.1 Å². The number of nitrogens with zero attached hydrogens (tertiary/aromatic N) is 1. The van der Waals surface area contributed by atoms with Crippen LogP contribution in [-0.2, 0) is 6.61 Å². The van der Waals surface area contributed by atoms with Crippen molar-refractivity contribution in [3.8, 4) is 17.6 Å². The molecule has 2 aromatic rings. The Bertz CT molecular complexity index is 675. The zero-order valence-electron chi connectivity index (χ0n) is 12.2. The molecule has 2 N–H and O–H groups in total. The third kappa shape index (κ3) is 3.46. The maximum absolute atomic E-state index is 8.99. The Morgan fingerprint density at radius 1 is 1.19 bits per heavy atom. The minimum absolute atomic E-state index is 0.406. The lowest BCUT2D eigenvalue weighted by molar-refractivity contribution is 0.270. The average molecular weight is 282 g/mol. The molecule has 0 aliphatic carbocycles. The van der Waals surface area contributed by atoms with E-state index in [2.05, 4.69) is 6.07 Å². The van der Waals surface area contributed by atoms with Crippen molar-refractivity contribution in [3.05, 3.63) is 53.1 Å². The molecule has 0 radical (unpaired) electrons. The van der Waals surface area contributed by atoms with Crippen LogP contribution in [0, 0.1) is 18.3 Å². The predicted molar refractivity (Wildman–Crippen MR) is 82.2 cm³/mol. The highest BCUT2D eigenvalue weighted by atomic mass is 16.5. The largest absolute Gasteiger partial charge is 0.490 e. The van der Waals surface area contributed by atoms with Gasteiger partial charge < -0.3 is 15.2 Å². The molecule has 0 saturated heterocycles. The molecule has 0 unspecified atom stereocenters. The summed E-state index contributed by atoms with van der Waals surface area (Å²) in [5, 5.41) is 8.99. The van der Waals surface area contributed by atoms with Gasteiger partial charge in [0.05, 0.1) is 23.9 Å². The zero-order chi connectivity index (χ0) is 15.2. The molecule has 2 aromatic carbocycles. The molecule has 0 heterocycles. The Balaban J connectivity index is 2.27. The summed E-state index contributed by atoms with van der Waals surface area (Å²) in [7, 11) is 0. The normalized spacial score (nSPS) is 9.95. The summed E-state index contributed by atoms with van der Waals surface area (Å²) in [4.78, 5) is 0. The number of hydrogen-bond acceptors (Lipinski definition) is 4. The van der Waals surface area contributed by atoms with Crippen molar-refractivity contribution in [2.75, 3.05) is 12.3 Å². The Hall–Kier alpha value is -2.67. The molecule has 108 valence electrons. The maximum atomic E-state index is 8.99. The first-order chi connectivity index (χ1) is 10.2. The van der Waals surface area contributed by atoms with Crippen LogP contribution in [0.5, 0.6) is 11.5 Å². The molecule has 0 spiro atoms. The van der Waals surface area contributed by atoms with Gasteiger partial charge >= 0.3 is 0 Å². The number of nitrogens with two attached hydrogens (primary N) is 1. The minimum Gasteiger partial charge on any atom is -0.490 e. The van der Waals surface area contributed by atoms with E-state index in [4.69, 9.17) is 20.5 Å². The molecule has 0 atom stereocenters. The van der Waals surface area contributed by atoms with Crippen molar-refractivity contribution >= 4 is 5.69 Å². The number of benzene rings is 2. The minimum atomic E-state index is 0.406. The van der Waals surface area contributed by atoms with Gasteiger partial charge in [-0.3, -0.25) is 0 Å². The summed E-state index contributed by atoms with van der Waals surface area (Å²) >= 11 is 0. The van der Waals surface area contributed by atoms with E-state index in [0.717, 1.165) is 11.1 Å². The maximum Gasteiger partial charge on any atom is 0.184 e. The van der Waals surface area contributed by atoms with Gasteiger partial charge in [-0.2, -0.15) is 5.26 Å². The van der Waals surface area contributed by atoms with Crippen LogP contribution in [0.3, 0.4) is 0 Å². The van der Waals surface area contributed by atoms with Crippen molar-refractivity contribution in [3.63, 3.8) is 0 Å². The zero-order valence-corrected chi connectivity index (χ0v) is 12.2. The SMILES string of the molecule is CCOc1cc(C#N)cc(N)c1OCc1ccccc1C. The van der Waals surface area contributed by atoms with E-state index in [-0.39, 0.29) is 0 Å². The molecule has 0 saturated carbocycles. The first kappa shape index (κ1) is 14.7. The third-order valence-electron chi connectivity index (χ3n) is 3.15. The molecule has 0 aliphatic heterocycles. The fourth-order valence-electron chi connectivity index (χ4n) is 2.03. The molecule has 0 bridgehead atoms. The first-order valence-corrected chi connectivity index (χ1v) is 6.79. The van der Waals surface area contributed by atoms with E-state index in [0.29, 0.717) is 36.0 Å².